The molecule has 0 radical (unpaired) electrons. The van der Waals surface area contributed by atoms with Crippen molar-refractivity contribution in [2.75, 3.05) is 4.90 Å². The lowest BCUT2D eigenvalue weighted by Gasteiger charge is -2.28. The Morgan fingerprint density at radius 1 is 0.278 bits per heavy atom. The minimum absolute atomic E-state index is 0.266. The highest BCUT2D eigenvalue weighted by atomic mass is 15.1. The summed E-state index contributed by atoms with van der Waals surface area (Å²) in [7, 11) is 0. The molecule has 0 saturated carbocycles. The predicted octanol–water partition coefficient (Wildman–Crippen LogP) is 21.1. The smallest absolute Gasteiger partial charge is 0.0619 e. The number of rotatable bonds is 11. The number of aromatic nitrogens is 1. The summed E-state index contributed by atoms with van der Waals surface area (Å²) in [6, 6.07) is 111. The third-order valence-corrected chi connectivity index (χ3v) is 16.1. The average molecular weight is 1010 g/mol. The maximum absolute atomic E-state index is 2.49. The first-order valence-corrected chi connectivity index (χ1v) is 27.4. The zero-order chi connectivity index (χ0) is 52.9. The minimum Gasteiger partial charge on any atom is -0.310 e. The highest BCUT2D eigenvalue weighted by molar-refractivity contribution is 6.09. The van der Waals surface area contributed by atoms with Crippen molar-refractivity contribution in [1.29, 1.82) is 0 Å². The molecule has 0 amide bonds. The molecule has 0 saturated heterocycles. The quantitative estimate of drug-likeness (QED) is 0.125. The van der Waals surface area contributed by atoms with Crippen molar-refractivity contribution in [3.63, 3.8) is 0 Å². The van der Waals surface area contributed by atoms with Gasteiger partial charge in [0.1, 0.15) is 0 Å². The van der Waals surface area contributed by atoms with Crippen LogP contribution < -0.4 is 4.90 Å². The first kappa shape index (κ1) is 47.4. The van der Waals surface area contributed by atoms with Crippen LogP contribution in [-0.4, -0.2) is 4.57 Å². The molecule has 0 N–H and O–H groups in total. The second kappa shape index (κ2) is 19.8. The van der Waals surface area contributed by atoms with E-state index >= 15 is 0 Å². The number of nitrogens with zero attached hydrogens (tertiary/aromatic N) is 2. The molecular weight excluding hydrogens is 953 g/mol. The third-order valence-electron chi connectivity index (χ3n) is 16.1. The molecule has 13 aromatic rings. The van der Waals surface area contributed by atoms with E-state index in [4.69, 9.17) is 0 Å². The van der Waals surface area contributed by atoms with Gasteiger partial charge in [0.05, 0.1) is 11.2 Å². The fourth-order valence-electron chi connectivity index (χ4n) is 12.2. The molecule has 0 bridgehead atoms. The third kappa shape index (κ3) is 8.65. The summed E-state index contributed by atoms with van der Waals surface area (Å²) in [6.07, 6.45) is 0. The highest BCUT2D eigenvalue weighted by Gasteiger charge is 2.37. The average Bonchev–Trinajstić information content (AvgIpc) is 4.22. The van der Waals surface area contributed by atoms with Crippen LogP contribution >= 0.6 is 0 Å². The van der Waals surface area contributed by atoms with Gasteiger partial charge in [0.25, 0.3) is 0 Å². The SMILES string of the molecule is CC1(C)c2cc(-c3ccc(N(c4cc(-c5ccccc5)cc(-c5ccccc5)c4)c4cc(-c5ccccc5)cc(-c5ccccc5)c4)cc3)ccc2-c2cc3c(-c4ccccc4)c(-c4ccccc4)n(-c4ccccc4)c3cc21. The molecule has 1 aromatic heterocycles. The van der Waals surface area contributed by atoms with Crippen molar-refractivity contribution in [3.05, 3.63) is 314 Å². The molecular formula is C77H56N2. The van der Waals surface area contributed by atoms with Crippen LogP contribution in [0, 0.1) is 0 Å². The lowest BCUT2D eigenvalue weighted by atomic mass is 9.81. The first-order chi connectivity index (χ1) is 38.9. The number of fused-ring (bicyclic) bond motifs is 4. The molecule has 12 aromatic carbocycles. The summed E-state index contributed by atoms with van der Waals surface area (Å²) in [6.45, 7) is 4.81. The van der Waals surface area contributed by atoms with Gasteiger partial charge in [0, 0.05) is 39.1 Å². The second-order valence-corrected chi connectivity index (χ2v) is 21.3. The fourth-order valence-corrected chi connectivity index (χ4v) is 12.2. The van der Waals surface area contributed by atoms with E-state index in [1.807, 2.05) is 0 Å². The van der Waals surface area contributed by atoms with E-state index in [0.717, 1.165) is 45.0 Å². The van der Waals surface area contributed by atoms with Gasteiger partial charge in [0.15, 0.2) is 0 Å². The van der Waals surface area contributed by atoms with Gasteiger partial charge in [-0.05, 0) is 168 Å². The molecule has 0 unspecified atom stereocenters. The number of anilines is 3. The standard InChI is InChI=1S/C77H56N2/c1-77(2)72-50-60(40-43-69(72)70-51-71-74(52-73(70)77)79(65-36-22-9-23-37-65)76(59-34-20-8-21-35-59)75(71)58-32-18-7-19-33-58)57-38-41-66(42-39-57)78(67-46-61(53-24-10-3-11-25-53)44-62(47-67)54-26-12-4-13-27-54)68-48-63(55-28-14-5-15-29-55)45-64(49-68)56-30-16-6-17-31-56/h3-52H,1-2H3. The summed E-state index contributed by atoms with van der Waals surface area (Å²) in [5.74, 6) is 0. The minimum atomic E-state index is -0.266. The Labute approximate surface area is 463 Å². The summed E-state index contributed by atoms with van der Waals surface area (Å²) >= 11 is 0. The van der Waals surface area contributed by atoms with E-state index in [1.54, 1.807) is 0 Å². The molecule has 0 fully saturated rings. The van der Waals surface area contributed by atoms with E-state index in [-0.39, 0.29) is 5.41 Å². The Kier molecular flexibility index (Phi) is 11.9. The monoisotopic (exact) mass is 1010 g/mol. The topological polar surface area (TPSA) is 8.17 Å². The van der Waals surface area contributed by atoms with E-state index in [2.05, 4.69) is 327 Å². The van der Waals surface area contributed by atoms with Crippen LogP contribution in [0.3, 0.4) is 0 Å². The molecule has 374 valence electrons. The van der Waals surface area contributed by atoms with E-state index in [1.165, 1.54) is 88.9 Å². The van der Waals surface area contributed by atoms with Crippen LogP contribution in [0.1, 0.15) is 25.0 Å². The van der Waals surface area contributed by atoms with E-state index in [0.29, 0.717) is 0 Å². The predicted molar refractivity (Wildman–Crippen MR) is 334 cm³/mol. The lowest BCUT2D eigenvalue weighted by Crippen LogP contribution is -2.15. The Balaban J connectivity index is 0.917. The Bertz CT molecular complexity index is 4080. The van der Waals surface area contributed by atoms with Gasteiger partial charge in [-0.15, -0.1) is 0 Å². The van der Waals surface area contributed by atoms with Crippen LogP contribution in [0.25, 0.3) is 106 Å². The first-order valence-electron chi connectivity index (χ1n) is 27.4. The van der Waals surface area contributed by atoms with Gasteiger partial charge in [0.2, 0.25) is 0 Å². The summed E-state index contributed by atoms with van der Waals surface area (Å²) < 4.78 is 2.49. The molecule has 1 aliphatic carbocycles. The van der Waals surface area contributed by atoms with Crippen LogP contribution in [0.2, 0.25) is 0 Å². The highest BCUT2D eigenvalue weighted by Crippen LogP contribution is 2.54. The molecule has 2 nitrogen and oxygen atoms in total. The Hall–Kier alpha value is -10.0. The van der Waals surface area contributed by atoms with Gasteiger partial charge >= 0.3 is 0 Å². The molecule has 2 heteroatoms. The number of benzene rings is 12. The maximum atomic E-state index is 2.49. The van der Waals surface area contributed by atoms with Gasteiger partial charge in [-0.1, -0.05) is 238 Å². The van der Waals surface area contributed by atoms with Crippen molar-refractivity contribution in [1.82, 2.24) is 4.57 Å². The molecule has 0 aliphatic heterocycles. The molecule has 1 aliphatic rings. The van der Waals surface area contributed by atoms with Gasteiger partial charge in [-0.2, -0.15) is 0 Å². The number of hydrogen-bond acceptors (Lipinski definition) is 1. The lowest BCUT2D eigenvalue weighted by molar-refractivity contribution is 0.661. The van der Waals surface area contributed by atoms with Gasteiger partial charge in [-0.3, -0.25) is 0 Å². The zero-order valence-corrected chi connectivity index (χ0v) is 44.3. The van der Waals surface area contributed by atoms with Crippen molar-refractivity contribution < 1.29 is 0 Å². The number of hydrogen-bond donors (Lipinski definition) is 0. The van der Waals surface area contributed by atoms with Crippen LogP contribution in [0.5, 0.6) is 0 Å². The van der Waals surface area contributed by atoms with Gasteiger partial charge < -0.3 is 9.47 Å². The van der Waals surface area contributed by atoms with Crippen molar-refractivity contribution in [2.45, 2.75) is 19.3 Å². The van der Waals surface area contributed by atoms with E-state index < -0.39 is 0 Å². The molecule has 14 rings (SSSR count). The molecule has 1 heterocycles. The van der Waals surface area contributed by atoms with Crippen molar-refractivity contribution in [2.24, 2.45) is 0 Å². The second-order valence-electron chi connectivity index (χ2n) is 21.3. The van der Waals surface area contributed by atoms with Crippen LogP contribution in [-0.2, 0) is 5.41 Å². The summed E-state index contributed by atoms with van der Waals surface area (Å²) in [4.78, 5) is 2.45. The van der Waals surface area contributed by atoms with Crippen LogP contribution in [0.15, 0.2) is 303 Å². The van der Waals surface area contributed by atoms with Crippen molar-refractivity contribution in [3.8, 4) is 94.8 Å². The normalized spacial score (nSPS) is 12.3. The van der Waals surface area contributed by atoms with Crippen molar-refractivity contribution >= 4 is 28.0 Å². The Morgan fingerprint density at radius 2 is 0.658 bits per heavy atom. The zero-order valence-electron chi connectivity index (χ0n) is 44.3. The Morgan fingerprint density at radius 3 is 1.11 bits per heavy atom. The van der Waals surface area contributed by atoms with Gasteiger partial charge in [-0.25, -0.2) is 0 Å². The molecule has 79 heavy (non-hydrogen) atoms. The fraction of sp³-hybridized carbons (Fsp3) is 0.0390. The summed E-state index contributed by atoms with van der Waals surface area (Å²) in [5, 5.41) is 1.25. The summed E-state index contributed by atoms with van der Waals surface area (Å²) in [5.41, 5.74) is 27.1. The molecule has 0 atom stereocenters. The van der Waals surface area contributed by atoms with Crippen LogP contribution in [0.4, 0.5) is 17.1 Å². The number of para-hydroxylation sites is 1. The molecule has 0 spiro atoms. The van der Waals surface area contributed by atoms with E-state index in [9.17, 15) is 0 Å². The maximum Gasteiger partial charge on any atom is 0.0619 e. The largest absolute Gasteiger partial charge is 0.310 e.